The Morgan fingerprint density at radius 2 is 1.77 bits per heavy atom. The van der Waals surface area contributed by atoms with Gasteiger partial charge >= 0.3 is 0 Å². The first-order valence-corrected chi connectivity index (χ1v) is 5.61. The van der Waals surface area contributed by atoms with Gasteiger partial charge in [0.25, 0.3) is 0 Å². The van der Waals surface area contributed by atoms with Crippen LogP contribution in [0.5, 0.6) is 0 Å². The van der Waals surface area contributed by atoms with Crippen LogP contribution in [0.15, 0.2) is 0 Å². The minimum absolute atomic E-state index is 0.497. The third-order valence-electron chi connectivity index (χ3n) is 3.86. The fraction of sp³-hybridized carbons (Fsp3) is 0.909. The number of fused-ring (bicyclic) bond motifs is 1. The van der Waals surface area contributed by atoms with Gasteiger partial charge in [-0.2, -0.15) is 0 Å². The van der Waals surface area contributed by atoms with Crippen molar-refractivity contribution in [2.75, 3.05) is 0 Å². The Kier molecular flexibility index (Phi) is 2.87. The number of carbonyl (C=O) groups is 1. The molecular formula is C11H19NO. The Balaban J connectivity index is 1.98. The van der Waals surface area contributed by atoms with E-state index in [0.29, 0.717) is 6.04 Å². The summed E-state index contributed by atoms with van der Waals surface area (Å²) in [4.78, 5) is 10.4. The summed E-state index contributed by atoms with van der Waals surface area (Å²) >= 11 is 0. The van der Waals surface area contributed by atoms with E-state index < -0.39 is 0 Å². The molecule has 0 heterocycles. The lowest BCUT2D eigenvalue weighted by molar-refractivity contribution is -0.111. The van der Waals surface area contributed by atoms with Gasteiger partial charge < -0.3 is 5.32 Å². The lowest BCUT2D eigenvalue weighted by Gasteiger charge is -2.41. The van der Waals surface area contributed by atoms with Crippen molar-refractivity contribution in [3.8, 4) is 0 Å². The predicted octanol–water partition coefficient (Wildman–Crippen LogP) is 2.09. The normalized spacial score (nSPS) is 39.2. The number of carbonyl (C=O) groups excluding carboxylic acids is 1. The summed E-state index contributed by atoms with van der Waals surface area (Å²) in [6, 6.07) is 0.497. The molecule has 2 nitrogen and oxygen atoms in total. The van der Waals surface area contributed by atoms with Crippen LogP contribution in [0.25, 0.3) is 0 Å². The van der Waals surface area contributed by atoms with Gasteiger partial charge in [-0.1, -0.05) is 32.1 Å². The molecule has 2 fully saturated rings. The molecule has 1 N–H and O–H groups in total. The molecule has 74 valence electrons. The van der Waals surface area contributed by atoms with E-state index in [2.05, 4.69) is 5.32 Å². The number of amides is 1. The fourth-order valence-corrected chi connectivity index (χ4v) is 3.23. The van der Waals surface area contributed by atoms with Crippen LogP contribution in [0.4, 0.5) is 0 Å². The van der Waals surface area contributed by atoms with Gasteiger partial charge in [0.15, 0.2) is 0 Å². The first-order chi connectivity index (χ1) is 6.42. The highest BCUT2D eigenvalue weighted by Gasteiger charge is 2.34. The molecule has 0 saturated heterocycles. The van der Waals surface area contributed by atoms with E-state index in [4.69, 9.17) is 0 Å². The Morgan fingerprint density at radius 3 is 2.62 bits per heavy atom. The Labute approximate surface area is 80.1 Å². The topological polar surface area (TPSA) is 29.1 Å². The third-order valence-corrected chi connectivity index (χ3v) is 3.86. The van der Waals surface area contributed by atoms with Crippen molar-refractivity contribution in [1.82, 2.24) is 5.32 Å². The van der Waals surface area contributed by atoms with Crippen LogP contribution in [0.1, 0.15) is 44.9 Å². The summed E-state index contributed by atoms with van der Waals surface area (Å²) in [5.41, 5.74) is 0. The Morgan fingerprint density at radius 1 is 1.00 bits per heavy atom. The fourth-order valence-electron chi connectivity index (χ4n) is 3.23. The molecule has 2 aliphatic rings. The quantitative estimate of drug-likeness (QED) is 0.649. The molecule has 0 aromatic rings. The van der Waals surface area contributed by atoms with Crippen LogP contribution in [0.2, 0.25) is 0 Å². The molecule has 2 rings (SSSR count). The summed E-state index contributed by atoms with van der Waals surface area (Å²) in [6.07, 6.45) is 10.3. The van der Waals surface area contributed by atoms with E-state index in [-0.39, 0.29) is 0 Å². The molecule has 0 spiro atoms. The van der Waals surface area contributed by atoms with Crippen molar-refractivity contribution in [3.05, 3.63) is 0 Å². The zero-order chi connectivity index (χ0) is 9.10. The number of hydrogen-bond acceptors (Lipinski definition) is 1. The molecule has 2 saturated carbocycles. The molecule has 13 heavy (non-hydrogen) atoms. The van der Waals surface area contributed by atoms with E-state index in [1.54, 1.807) is 0 Å². The van der Waals surface area contributed by atoms with Crippen LogP contribution in [0.3, 0.4) is 0 Å². The number of hydrogen-bond donors (Lipinski definition) is 1. The monoisotopic (exact) mass is 181 g/mol. The van der Waals surface area contributed by atoms with Crippen LogP contribution in [-0.2, 0) is 4.79 Å². The van der Waals surface area contributed by atoms with E-state index in [1.807, 2.05) is 0 Å². The zero-order valence-corrected chi connectivity index (χ0v) is 8.17. The number of nitrogens with one attached hydrogen (secondary N) is 1. The van der Waals surface area contributed by atoms with Gasteiger partial charge in [-0.15, -0.1) is 0 Å². The highest BCUT2D eigenvalue weighted by Crippen LogP contribution is 2.40. The molecule has 0 aromatic heterocycles. The van der Waals surface area contributed by atoms with Gasteiger partial charge in [-0.3, -0.25) is 4.79 Å². The number of rotatable bonds is 2. The van der Waals surface area contributed by atoms with E-state index in [0.717, 1.165) is 18.2 Å². The van der Waals surface area contributed by atoms with Crippen LogP contribution < -0.4 is 5.32 Å². The lowest BCUT2D eigenvalue weighted by atomic mass is 9.68. The maximum absolute atomic E-state index is 10.4. The molecule has 0 bridgehead atoms. The third kappa shape index (κ3) is 1.87. The van der Waals surface area contributed by atoms with Crippen molar-refractivity contribution in [1.29, 1.82) is 0 Å². The SMILES string of the molecule is O=CNC1CCCC2CCCCC21. The molecule has 2 aliphatic carbocycles. The maximum atomic E-state index is 10.4. The average Bonchev–Trinajstić information content (AvgIpc) is 2.19. The smallest absolute Gasteiger partial charge is 0.207 e. The van der Waals surface area contributed by atoms with E-state index in [9.17, 15) is 4.79 Å². The second kappa shape index (κ2) is 4.12. The largest absolute Gasteiger partial charge is 0.356 e. The molecule has 3 atom stereocenters. The molecule has 0 aromatic carbocycles. The minimum atomic E-state index is 0.497. The first kappa shape index (κ1) is 9.04. The first-order valence-electron chi connectivity index (χ1n) is 5.61. The zero-order valence-electron chi connectivity index (χ0n) is 8.17. The summed E-state index contributed by atoms with van der Waals surface area (Å²) in [6.45, 7) is 0. The second-order valence-corrected chi connectivity index (χ2v) is 4.53. The standard InChI is InChI=1S/C11H19NO/c13-8-12-11-7-3-5-9-4-1-2-6-10(9)11/h8-11H,1-7H2,(H,12,13). The Bertz CT molecular complexity index is 179. The minimum Gasteiger partial charge on any atom is -0.356 e. The summed E-state index contributed by atoms with van der Waals surface area (Å²) in [5.74, 6) is 1.72. The molecule has 2 heteroatoms. The van der Waals surface area contributed by atoms with Gasteiger partial charge in [-0.05, 0) is 24.7 Å². The van der Waals surface area contributed by atoms with Crippen LogP contribution in [0, 0.1) is 11.8 Å². The van der Waals surface area contributed by atoms with Crippen molar-refractivity contribution < 1.29 is 4.79 Å². The molecular weight excluding hydrogens is 162 g/mol. The Hall–Kier alpha value is -0.530. The average molecular weight is 181 g/mol. The highest BCUT2D eigenvalue weighted by atomic mass is 16.1. The molecule has 0 radical (unpaired) electrons. The second-order valence-electron chi connectivity index (χ2n) is 4.53. The van der Waals surface area contributed by atoms with Gasteiger partial charge in [0.05, 0.1) is 0 Å². The van der Waals surface area contributed by atoms with Crippen LogP contribution in [-0.4, -0.2) is 12.5 Å². The maximum Gasteiger partial charge on any atom is 0.207 e. The van der Waals surface area contributed by atoms with Crippen LogP contribution >= 0.6 is 0 Å². The highest BCUT2D eigenvalue weighted by molar-refractivity contribution is 5.46. The van der Waals surface area contributed by atoms with Gasteiger partial charge in [0.2, 0.25) is 6.41 Å². The van der Waals surface area contributed by atoms with Crippen molar-refractivity contribution >= 4 is 6.41 Å². The van der Waals surface area contributed by atoms with Crippen molar-refractivity contribution in [2.24, 2.45) is 11.8 Å². The molecule has 1 amide bonds. The summed E-state index contributed by atoms with van der Waals surface area (Å²) in [7, 11) is 0. The molecule has 3 unspecified atom stereocenters. The van der Waals surface area contributed by atoms with E-state index >= 15 is 0 Å². The van der Waals surface area contributed by atoms with Gasteiger partial charge in [-0.25, -0.2) is 0 Å². The molecule has 0 aliphatic heterocycles. The lowest BCUT2D eigenvalue weighted by Crippen LogP contribution is -2.43. The summed E-state index contributed by atoms with van der Waals surface area (Å²) in [5, 5.41) is 3.00. The van der Waals surface area contributed by atoms with Gasteiger partial charge in [0.1, 0.15) is 0 Å². The van der Waals surface area contributed by atoms with Crippen molar-refractivity contribution in [3.63, 3.8) is 0 Å². The van der Waals surface area contributed by atoms with Gasteiger partial charge in [0, 0.05) is 6.04 Å². The van der Waals surface area contributed by atoms with E-state index in [1.165, 1.54) is 44.9 Å². The summed E-state index contributed by atoms with van der Waals surface area (Å²) < 4.78 is 0. The van der Waals surface area contributed by atoms with Crippen molar-refractivity contribution in [2.45, 2.75) is 51.0 Å². The predicted molar refractivity (Wildman–Crippen MR) is 52.3 cm³/mol.